The Morgan fingerprint density at radius 1 is 0.321 bits per heavy atom. The van der Waals surface area contributed by atoms with Gasteiger partial charge in [0.15, 0.2) is 12.2 Å². The van der Waals surface area contributed by atoms with Crippen molar-refractivity contribution < 1.29 is 80.2 Å². The van der Waals surface area contributed by atoms with Crippen LogP contribution in [0.3, 0.4) is 0 Å². The molecule has 0 fully saturated rings. The molecule has 0 rings (SSSR count). The van der Waals surface area contributed by atoms with Crippen molar-refractivity contribution in [3.63, 3.8) is 0 Å². The Kier molecular flexibility index (Phi) is 57.4. The molecule has 0 radical (unpaired) electrons. The van der Waals surface area contributed by atoms with Crippen LogP contribution in [0.15, 0.2) is 0 Å². The highest BCUT2D eigenvalue weighted by atomic mass is 31.2. The van der Waals surface area contributed by atoms with Crippen molar-refractivity contribution in [2.75, 3.05) is 39.6 Å². The maximum atomic E-state index is 13.0. The van der Waals surface area contributed by atoms with Crippen LogP contribution in [0.2, 0.25) is 0 Å². The van der Waals surface area contributed by atoms with E-state index in [4.69, 9.17) is 37.0 Å². The molecule has 0 spiro atoms. The number of hydrogen-bond acceptors (Lipinski definition) is 15. The molecule has 0 saturated heterocycles. The second kappa shape index (κ2) is 58.7. The summed E-state index contributed by atoms with van der Waals surface area (Å²) < 4.78 is 67.9. The Morgan fingerprint density at radius 3 is 0.810 bits per heavy atom. The second-order valence-corrected chi connectivity index (χ2v) is 26.9. The summed E-state index contributed by atoms with van der Waals surface area (Å²) in [5, 5.41) is 10.5. The van der Waals surface area contributed by atoms with Crippen molar-refractivity contribution in [1.82, 2.24) is 0 Å². The molecule has 0 heterocycles. The Bertz CT molecular complexity index is 1640. The van der Waals surface area contributed by atoms with Crippen LogP contribution in [0.1, 0.15) is 330 Å². The third kappa shape index (κ3) is 59.0. The predicted octanol–water partition coefficient (Wildman–Crippen LogP) is 18.2. The fourth-order valence-corrected chi connectivity index (χ4v) is 11.3. The standard InChI is InChI=1S/C65H126O17P2/c1-6-9-12-15-18-20-21-26-30-34-39-44-49-63(68)76-55-61(82-65(70)51-46-41-36-31-27-24-22-23-25-29-33-37-42-47-58(4)5)57-80-84(73,74)78-53-59(66)52-77-83(71,72)79-56-60(54-75-62(67)48-43-38-32-17-14-11-8-3)81-64(69)50-45-40-35-28-19-16-13-10-7-2/h58-61,66H,6-57H2,1-5H3,(H,71,72)(H,73,74)/t59-,60+,61+/m0/s1. The fraction of sp³-hybridized carbons (Fsp3) is 0.938. The molecular weight excluding hydrogens is 1110 g/mol. The van der Waals surface area contributed by atoms with Gasteiger partial charge in [-0.15, -0.1) is 0 Å². The molecule has 19 heteroatoms. The van der Waals surface area contributed by atoms with E-state index in [2.05, 4.69) is 34.6 Å². The average Bonchev–Trinajstić information content (AvgIpc) is 3.49. The van der Waals surface area contributed by atoms with Gasteiger partial charge in [-0.05, 0) is 31.6 Å². The largest absolute Gasteiger partial charge is 0.472 e. The van der Waals surface area contributed by atoms with Crippen LogP contribution in [-0.2, 0) is 65.4 Å². The monoisotopic (exact) mass is 1240 g/mol. The highest BCUT2D eigenvalue weighted by Crippen LogP contribution is 2.45. The molecule has 0 amide bonds. The number of rotatable bonds is 65. The third-order valence-electron chi connectivity index (χ3n) is 15.0. The van der Waals surface area contributed by atoms with Crippen LogP contribution in [0.25, 0.3) is 0 Å². The molecule has 0 aliphatic rings. The lowest BCUT2D eigenvalue weighted by Gasteiger charge is -2.21. The first-order valence-electron chi connectivity index (χ1n) is 34.1. The third-order valence-corrected chi connectivity index (χ3v) is 16.9. The summed E-state index contributed by atoms with van der Waals surface area (Å²) in [4.78, 5) is 72.1. The average molecular weight is 1240 g/mol. The van der Waals surface area contributed by atoms with Gasteiger partial charge in [-0.25, -0.2) is 9.13 Å². The molecule has 5 atom stereocenters. The number of unbranched alkanes of at least 4 members (excludes halogenated alkanes) is 37. The van der Waals surface area contributed by atoms with E-state index >= 15 is 0 Å². The number of phosphoric ester groups is 2. The van der Waals surface area contributed by atoms with Crippen LogP contribution < -0.4 is 0 Å². The molecule has 0 aliphatic carbocycles. The lowest BCUT2D eigenvalue weighted by molar-refractivity contribution is -0.161. The van der Waals surface area contributed by atoms with E-state index in [0.29, 0.717) is 25.7 Å². The Labute approximate surface area is 511 Å². The van der Waals surface area contributed by atoms with Gasteiger partial charge in [0.25, 0.3) is 0 Å². The number of ether oxygens (including phenoxy) is 4. The zero-order valence-electron chi connectivity index (χ0n) is 54.0. The lowest BCUT2D eigenvalue weighted by atomic mass is 10.0. The minimum Gasteiger partial charge on any atom is -0.462 e. The van der Waals surface area contributed by atoms with E-state index in [1.54, 1.807) is 0 Å². The summed E-state index contributed by atoms with van der Waals surface area (Å²) in [5.74, 6) is -1.35. The Balaban J connectivity index is 5.19. The number of esters is 4. The molecule has 0 aromatic rings. The van der Waals surface area contributed by atoms with Crippen molar-refractivity contribution in [2.24, 2.45) is 5.92 Å². The van der Waals surface area contributed by atoms with Crippen LogP contribution in [0, 0.1) is 5.92 Å². The predicted molar refractivity (Wildman–Crippen MR) is 335 cm³/mol. The summed E-state index contributed by atoms with van der Waals surface area (Å²) in [7, 11) is -9.88. The van der Waals surface area contributed by atoms with Gasteiger partial charge in [0.2, 0.25) is 0 Å². The highest BCUT2D eigenvalue weighted by molar-refractivity contribution is 7.47. The second-order valence-electron chi connectivity index (χ2n) is 24.0. The molecule has 84 heavy (non-hydrogen) atoms. The normalized spacial score (nSPS) is 14.2. The first kappa shape index (κ1) is 82.1. The lowest BCUT2D eigenvalue weighted by Crippen LogP contribution is -2.30. The summed E-state index contributed by atoms with van der Waals surface area (Å²) in [6.07, 6.45) is 43.1. The summed E-state index contributed by atoms with van der Waals surface area (Å²) in [6, 6.07) is 0. The number of hydrogen-bond donors (Lipinski definition) is 3. The fourth-order valence-electron chi connectivity index (χ4n) is 9.76. The first-order chi connectivity index (χ1) is 40.5. The molecule has 498 valence electrons. The minimum atomic E-state index is -4.94. The number of carbonyl (C=O) groups is 4. The number of phosphoric acid groups is 2. The smallest absolute Gasteiger partial charge is 0.462 e. The molecule has 2 unspecified atom stereocenters. The van der Waals surface area contributed by atoms with Gasteiger partial charge in [-0.2, -0.15) is 0 Å². The van der Waals surface area contributed by atoms with Crippen LogP contribution >= 0.6 is 15.6 Å². The molecule has 0 bridgehead atoms. The van der Waals surface area contributed by atoms with Crippen LogP contribution in [0.4, 0.5) is 0 Å². The SMILES string of the molecule is CCCCCCCCCCCCCCC(=O)OC[C@H](COP(=O)(O)OC[C@@H](O)COP(=O)(O)OC[C@@H](COC(=O)CCCCCCCCC)OC(=O)CCCCCCCCCCC)OC(=O)CCCCCCCCCCCCCCCC(C)C. The van der Waals surface area contributed by atoms with Gasteiger partial charge in [0.1, 0.15) is 19.3 Å². The molecule has 0 aromatic carbocycles. The molecular formula is C65H126O17P2. The first-order valence-corrected chi connectivity index (χ1v) is 37.1. The quantitative estimate of drug-likeness (QED) is 0.0222. The van der Waals surface area contributed by atoms with E-state index in [1.165, 1.54) is 141 Å². The molecule has 3 N–H and O–H groups in total. The van der Waals surface area contributed by atoms with Crippen molar-refractivity contribution in [3.05, 3.63) is 0 Å². The van der Waals surface area contributed by atoms with E-state index in [-0.39, 0.29) is 25.7 Å². The molecule has 0 aliphatic heterocycles. The molecule has 0 aromatic heterocycles. The van der Waals surface area contributed by atoms with E-state index in [0.717, 1.165) is 109 Å². The van der Waals surface area contributed by atoms with Crippen LogP contribution in [-0.4, -0.2) is 96.7 Å². The number of aliphatic hydroxyl groups excluding tert-OH is 1. The van der Waals surface area contributed by atoms with Gasteiger partial charge in [0, 0.05) is 25.7 Å². The van der Waals surface area contributed by atoms with Crippen molar-refractivity contribution in [1.29, 1.82) is 0 Å². The maximum absolute atomic E-state index is 13.0. The number of aliphatic hydroxyl groups is 1. The molecule has 0 saturated carbocycles. The summed E-state index contributed by atoms with van der Waals surface area (Å²) >= 11 is 0. The molecule has 17 nitrogen and oxygen atoms in total. The summed E-state index contributed by atoms with van der Waals surface area (Å²) in [5.41, 5.74) is 0. The highest BCUT2D eigenvalue weighted by Gasteiger charge is 2.30. The van der Waals surface area contributed by atoms with Crippen molar-refractivity contribution in [2.45, 2.75) is 348 Å². The minimum absolute atomic E-state index is 0.105. The Morgan fingerprint density at radius 2 is 0.548 bits per heavy atom. The number of carbonyl (C=O) groups excluding carboxylic acids is 4. The van der Waals surface area contributed by atoms with Gasteiger partial charge in [-0.1, -0.05) is 279 Å². The van der Waals surface area contributed by atoms with Gasteiger partial charge in [0.05, 0.1) is 26.4 Å². The maximum Gasteiger partial charge on any atom is 0.472 e. The Hall–Kier alpha value is -1.94. The van der Waals surface area contributed by atoms with E-state index < -0.39 is 97.5 Å². The van der Waals surface area contributed by atoms with Gasteiger partial charge in [-0.3, -0.25) is 37.3 Å². The van der Waals surface area contributed by atoms with Crippen LogP contribution in [0.5, 0.6) is 0 Å². The van der Waals surface area contributed by atoms with E-state index in [9.17, 15) is 43.2 Å². The van der Waals surface area contributed by atoms with Crippen molar-refractivity contribution >= 4 is 39.5 Å². The summed E-state index contributed by atoms with van der Waals surface area (Å²) in [6.45, 7) is 7.17. The van der Waals surface area contributed by atoms with E-state index in [1.807, 2.05) is 0 Å². The van der Waals surface area contributed by atoms with Gasteiger partial charge < -0.3 is 33.8 Å². The topological polar surface area (TPSA) is 237 Å². The van der Waals surface area contributed by atoms with Gasteiger partial charge >= 0.3 is 39.5 Å². The van der Waals surface area contributed by atoms with Crippen molar-refractivity contribution in [3.8, 4) is 0 Å². The zero-order valence-corrected chi connectivity index (χ0v) is 55.8. The zero-order chi connectivity index (χ0) is 62.0.